The molecule has 0 radical (unpaired) electrons. The third-order valence-corrected chi connectivity index (χ3v) is 4.48. The Balaban J connectivity index is 2.25. The lowest BCUT2D eigenvalue weighted by atomic mass is 10.2. The fourth-order valence-corrected chi connectivity index (χ4v) is 2.48. The van der Waals surface area contributed by atoms with Gasteiger partial charge >= 0.3 is 5.97 Å². The summed E-state index contributed by atoms with van der Waals surface area (Å²) in [5.41, 5.74) is 1.01. The minimum atomic E-state index is -0.500. The van der Waals surface area contributed by atoms with Gasteiger partial charge in [-0.3, -0.25) is 4.79 Å². The highest BCUT2D eigenvalue weighted by atomic mass is 79.9. The molecule has 0 saturated heterocycles. The second-order valence-electron chi connectivity index (χ2n) is 4.83. The minimum absolute atomic E-state index is 0.234. The van der Waals surface area contributed by atoms with E-state index in [-0.39, 0.29) is 12.5 Å². The SMILES string of the molecule is COC(=O)COc1ccccc1N(C)C(=O)c1ccc(Cl)c(Br)c1. The molecule has 24 heavy (non-hydrogen) atoms. The molecule has 0 N–H and O–H groups in total. The molecule has 0 unspecified atom stereocenters. The molecule has 0 bridgehead atoms. The average Bonchev–Trinajstić information content (AvgIpc) is 2.61. The summed E-state index contributed by atoms with van der Waals surface area (Å²) in [4.78, 5) is 25.4. The number of carbonyl (C=O) groups is 2. The van der Waals surface area contributed by atoms with E-state index in [9.17, 15) is 9.59 Å². The van der Waals surface area contributed by atoms with Gasteiger partial charge in [0.2, 0.25) is 0 Å². The second-order valence-corrected chi connectivity index (χ2v) is 6.09. The number of amides is 1. The molecule has 0 atom stereocenters. The van der Waals surface area contributed by atoms with Crippen LogP contribution in [0.2, 0.25) is 5.02 Å². The number of rotatable bonds is 5. The number of carbonyl (C=O) groups excluding carboxylic acids is 2. The Hall–Kier alpha value is -2.05. The van der Waals surface area contributed by atoms with Crippen LogP contribution in [0, 0.1) is 0 Å². The molecule has 2 rings (SSSR count). The molecule has 0 aliphatic rings. The smallest absolute Gasteiger partial charge is 0.343 e. The van der Waals surface area contributed by atoms with Gasteiger partial charge in [0.1, 0.15) is 5.75 Å². The standard InChI is InChI=1S/C17H15BrClNO4/c1-20(17(22)11-7-8-13(19)12(18)9-11)14-5-3-4-6-15(14)24-10-16(21)23-2/h3-9H,10H2,1-2H3. The third kappa shape index (κ3) is 4.27. The number of benzene rings is 2. The predicted octanol–water partition coefficient (Wildman–Crippen LogP) is 3.93. The van der Waals surface area contributed by atoms with Crippen LogP contribution in [-0.4, -0.2) is 32.6 Å². The van der Waals surface area contributed by atoms with Crippen LogP contribution in [0.4, 0.5) is 5.69 Å². The Morgan fingerprint density at radius 1 is 1.21 bits per heavy atom. The molecule has 7 heteroatoms. The van der Waals surface area contributed by atoms with E-state index in [1.807, 2.05) is 0 Å². The van der Waals surface area contributed by atoms with E-state index in [1.165, 1.54) is 12.0 Å². The summed E-state index contributed by atoms with van der Waals surface area (Å²) in [6, 6.07) is 11.9. The second kappa shape index (κ2) is 8.17. The highest BCUT2D eigenvalue weighted by Crippen LogP contribution is 2.29. The number of para-hydroxylation sites is 2. The predicted molar refractivity (Wildman–Crippen MR) is 95.8 cm³/mol. The highest BCUT2D eigenvalue weighted by molar-refractivity contribution is 9.10. The monoisotopic (exact) mass is 411 g/mol. The number of halogens is 2. The Morgan fingerprint density at radius 3 is 2.58 bits per heavy atom. The van der Waals surface area contributed by atoms with Crippen LogP contribution in [-0.2, 0) is 9.53 Å². The van der Waals surface area contributed by atoms with Gasteiger partial charge < -0.3 is 14.4 Å². The molecule has 0 aliphatic heterocycles. The maximum Gasteiger partial charge on any atom is 0.343 e. The Labute approximate surface area is 153 Å². The van der Waals surface area contributed by atoms with E-state index in [0.717, 1.165) is 0 Å². The molecule has 0 fully saturated rings. The summed E-state index contributed by atoms with van der Waals surface area (Å²) >= 11 is 9.26. The first-order chi connectivity index (χ1) is 11.4. The van der Waals surface area contributed by atoms with Crippen molar-refractivity contribution in [3.05, 3.63) is 57.5 Å². The van der Waals surface area contributed by atoms with Crippen molar-refractivity contribution in [3.63, 3.8) is 0 Å². The molecule has 0 saturated carbocycles. The lowest BCUT2D eigenvalue weighted by Crippen LogP contribution is -2.27. The van der Waals surface area contributed by atoms with Gasteiger partial charge in [-0.05, 0) is 46.3 Å². The lowest BCUT2D eigenvalue weighted by Gasteiger charge is -2.20. The summed E-state index contributed by atoms with van der Waals surface area (Å²) in [5, 5.41) is 0.524. The fourth-order valence-electron chi connectivity index (χ4n) is 1.98. The Bertz CT molecular complexity index is 766. The molecule has 0 aliphatic carbocycles. The van der Waals surface area contributed by atoms with Crippen molar-refractivity contribution >= 4 is 45.1 Å². The van der Waals surface area contributed by atoms with Crippen LogP contribution in [0.15, 0.2) is 46.9 Å². The number of esters is 1. The van der Waals surface area contributed by atoms with Crippen LogP contribution in [0.3, 0.4) is 0 Å². The van der Waals surface area contributed by atoms with E-state index >= 15 is 0 Å². The van der Waals surface area contributed by atoms with Crippen molar-refractivity contribution < 1.29 is 19.1 Å². The molecule has 2 aromatic carbocycles. The van der Waals surface area contributed by atoms with E-state index in [0.29, 0.717) is 26.5 Å². The molecule has 5 nitrogen and oxygen atoms in total. The highest BCUT2D eigenvalue weighted by Gasteiger charge is 2.18. The van der Waals surface area contributed by atoms with E-state index in [2.05, 4.69) is 20.7 Å². The number of ether oxygens (including phenoxy) is 2. The summed E-state index contributed by atoms with van der Waals surface area (Å²) < 4.78 is 10.6. The largest absolute Gasteiger partial charge is 0.480 e. The van der Waals surface area contributed by atoms with Crippen molar-refractivity contribution in [2.75, 3.05) is 25.7 Å². The summed E-state index contributed by atoms with van der Waals surface area (Å²) in [6.07, 6.45) is 0. The normalized spacial score (nSPS) is 10.2. The zero-order valence-corrected chi connectivity index (χ0v) is 15.4. The van der Waals surface area contributed by atoms with Gasteiger partial charge in [0, 0.05) is 17.1 Å². The van der Waals surface area contributed by atoms with Crippen molar-refractivity contribution in [2.45, 2.75) is 0 Å². The molecule has 0 spiro atoms. The first kappa shape index (κ1) is 18.3. The van der Waals surface area contributed by atoms with E-state index < -0.39 is 5.97 Å². The van der Waals surface area contributed by atoms with Gasteiger partial charge in [0.25, 0.3) is 5.91 Å². The van der Waals surface area contributed by atoms with Crippen molar-refractivity contribution in [1.29, 1.82) is 0 Å². The summed E-state index contributed by atoms with van der Waals surface area (Å²) in [5.74, 6) is -0.325. The van der Waals surface area contributed by atoms with Gasteiger partial charge in [-0.2, -0.15) is 0 Å². The number of methoxy groups -OCH3 is 1. The maximum atomic E-state index is 12.7. The topological polar surface area (TPSA) is 55.8 Å². The molecule has 126 valence electrons. The number of hydrogen-bond acceptors (Lipinski definition) is 4. The summed E-state index contributed by atoms with van der Waals surface area (Å²) in [7, 11) is 2.91. The number of anilines is 1. The molecular weight excluding hydrogens is 398 g/mol. The zero-order chi connectivity index (χ0) is 17.7. The fraction of sp³-hybridized carbons (Fsp3) is 0.176. The van der Waals surface area contributed by atoms with Crippen molar-refractivity contribution in [1.82, 2.24) is 0 Å². The van der Waals surface area contributed by atoms with Crippen LogP contribution in [0.5, 0.6) is 5.75 Å². The van der Waals surface area contributed by atoms with Crippen LogP contribution in [0.1, 0.15) is 10.4 Å². The maximum absolute atomic E-state index is 12.7. The van der Waals surface area contributed by atoms with Crippen LogP contribution in [0.25, 0.3) is 0 Å². The average molecular weight is 413 g/mol. The molecule has 1 amide bonds. The van der Waals surface area contributed by atoms with Gasteiger partial charge in [-0.1, -0.05) is 23.7 Å². The van der Waals surface area contributed by atoms with E-state index in [4.69, 9.17) is 16.3 Å². The van der Waals surface area contributed by atoms with Gasteiger partial charge in [-0.25, -0.2) is 4.79 Å². The minimum Gasteiger partial charge on any atom is -0.480 e. The number of nitrogens with zero attached hydrogens (tertiary/aromatic N) is 1. The number of hydrogen-bond donors (Lipinski definition) is 0. The van der Waals surface area contributed by atoms with Crippen LogP contribution < -0.4 is 9.64 Å². The first-order valence-corrected chi connectivity index (χ1v) is 8.13. The zero-order valence-electron chi connectivity index (χ0n) is 13.1. The van der Waals surface area contributed by atoms with Crippen molar-refractivity contribution in [2.24, 2.45) is 0 Å². The molecule has 2 aromatic rings. The first-order valence-electron chi connectivity index (χ1n) is 6.95. The lowest BCUT2D eigenvalue weighted by molar-refractivity contribution is -0.142. The summed E-state index contributed by atoms with van der Waals surface area (Å²) in [6.45, 7) is -0.234. The van der Waals surface area contributed by atoms with Gasteiger partial charge in [0.05, 0.1) is 17.8 Å². The quantitative estimate of drug-likeness (QED) is 0.698. The third-order valence-electron chi connectivity index (χ3n) is 3.27. The molecule has 0 heterocycles. The Morgan fingerprint density at radius 2 is 1.92 bits per heavy atom. The van der Waals surface area contributed by atoms with Gasteiger partial charge in [-0.15, -0.1) is 0 Å². The van der Waals surface area contributed by atoms with Gasteiger partial charge in [0.15, 0.2) is 6.61 Å². The van der Waals surface area contributed by atoms with Crippen LogP contribution >= 0.6 is 27.5 Å². The Kier molecular flexibility index (Phi) is 6.23. The molecule has 0 aromatic heterocycles. The molecular formula is C17H15BrClNO4. The van der Waals surface area contributed by atoms with E-state index in [1.54, 1.807) is 49.5 Å². The van der Waals surface area contributed by atoms with Crippen molar-refractivity contribution in [3.8, 4) is 5.75 Å².